The van der Waals surface area contributed by atoms with Crippen LogP contribution in [0.3, 0.4) is 0 Å². The first-order valence-electron chi connectivity index (χ1n) is 6.14. The predicted molar refractivity (Wildman–Crippen MR) is 69.5 cm³/mol. The van der Waals surface area contributed by atoms with Crippen molar-refractivity contribution in [1.29, 1.82) is 0 Å². The molecule has 1 heterocycles. The number of rotatable bonds is 5. The quantitative estimate of drug-likeness (QED) is 0.397. The van der Waals surface area contributed by atoms with Crippen LogP contribution in [-0.4, -0.2) is 17.6 Å². The van der Waals surface area contributed by atoms with Gasteiger partial charge in [-0.2, -0.15) is 0 Å². The molecule has 0 bridgehead atoms. The Balaban J connectivity index is 2.44. The van der Waals surface area contributed by atoms with E-state index in [4.69, 9.17) is 17.0 Å². The molecule has 0 aromatic rings. The minimum absolute atomic E-state index is 0.220. The summed E-state index contributed by atoms with van der Waals surface area (Å²) < 4.78 is 5.73. The zero-order valence-corrected chi connectivity index (χ0v) is 10.7. The summed E-state index contributed by atoms with van der Waals surface area (Å²) in [5, 5.41) is 0. The monoisotopic (exact) mass is 226 g/mol. The molecule has 0 radical (unpaired) electrons. The molecule has 2 heteroatoms. The molecule has 1 nitrogen and oxygen atoms in total. The number of ether oxygens (including phenoxy) is 1. The Kier molecular flexibility index (Phi) is 6.11. The van der Waals surface area contributed by atoms with Crippen molar-refractivity contribution < 1.29 is 4.74 Å². The SMILES string of the molecule is CC/C=C1/CCOC(CCCCC)C1=S. The summed E-state index contributed by atoms with van der Waals surface area (Å²) in [5.74, 6) is 0. The van der Waals surface area contributed by atoms with Crippen molar-refractivity contribution in [3.05, 3.63) is 11.6 Å². The average Bonchev–Trinajstić information content (AvgIpc) is 2.24. The summed E-state index contributed by atoms with van der Waals surface area (Å²) >= 11 is 5.47. The fourth-order valence-corrected chi connectivity index (χ4v) is 2.33. The molecular weight excluding hydrogens is 204 g/mol. The Morgan fingerprint density at radius 2 is 2.20 bits per heavy atom. The number of thiocarbonyl (C=S) groups is 1. The smallest absolute Gasteiger partial charge is 0.0927 e. The first-order chi connectivity index (χ1) is 7.29. The van der Waals surface area contributed by atoms with E-state index in [1.807, 2.05) is 0 Å². The first-order valence-corrected chi connectivity index (χ1v) is 6.55. The Hall–Kier alpha value is -0.210. The highest BCUT2D eigenvalue weighted by Gasteiger charge is 2.22. The highest BCUT2D eigenvalue weighted by atomic mass is 32.1. The molecule has 1 fully saturated rings. The van der Waals surface area contributed by atoms with Gasteiger partial charge in [0.2, 0.25) is 0 Å². The lowest BCUT2D eigenvalue weighted by Crippen LogP contribution is -2.30. The number of hydrogen-bond donors (Lipinski definition) is 0. The van der Waals surface area contributed by atoms with E-state index in [1.54, 1.807) is 0 Å². The maximum absolute atomic E-state index is 5.73. The standard InChI is InChI=1S/C13H22OS/c1-3-5-6-8-12-13(15)11(7-4-2)9-10-14-12/h7,12H,3-6,8-10H2,1-2H3/b11-7-. The van der Waals surface area contributed by atoms with Crippen LogP contribution in [0.5, 0.6) is 0 Å². The molecule has 0 aliphatic carbocycles. The van der Waals surface area contributed by atoms with Crippen LogP contribution in [0, 0.1) is 0 Å². The van der Waals surface area contributed by atoms with E-state index < -0.39 is 0 Å². The van der Waals surface area contributed by atoms with Crippen LogP contribution in [0.15, 0.2) is 11.6 Å². The fraction of sp³-hybridized carbons (Fsp3) is 0.769. The molecule has 0 aromatic heterocycles. The van der Waals surface area contributed by atoms with Gasteiger partial charge in [-0.05, 0) is 24.8 Å². The summed E-state index contributed by atoms with van der Waals surface area (Å²) in [6, 6.07) is 0. The van der Waals surface area contributed by atoms with Gasteiger partial charge in [-0.3, -0.25) is 0 Å². The van der Waals surface area contributed by atoms with Crippen LogP contribution < -0.4 is 0 Å². The van der Waals surface area contributed by atoms with E-state index in [9.17, 15) is 0 Å². The second kappa shape index (κ2) is 7.13. The second-order valence-electron chi connectivity index (χ2n) is 4.11. The highest BCUT2D eigenvalue weighted by Crippen LogP contribution is 2.21. The Morgan fingerprint density at radius 1 is 1.40 bits per heavy atom. The van der Waals surface area contributed by atoms with Crippen LogP contribution in [-0.2, 0) is 4.74 Å². The molecule has 0 aromatic carbocycles. The molecule has 15 heavy (non-hydrogen) atoms. The molecule has 1 saturated heterocycles. The highest BCUT2D eigenvalue weighted by molar-refractivity contribution is 7.81. The van der Waals surface area contributed by atoms with Gasteiger partial charge in [-0.15, -0.1) is 0 Å². The molecular formula is C13H22OS. The fourth-order valence-electron chi connectivity index (χ4n) is 1.96. The van der Waals surface area contributed by atoms with Crippen LogP contribution in [0.1, 0.15) is 52.4 Å². The molecule has 1 atom stereocenters. The van der Waals surface area contributed by atoms with Gasteiger partial charge in [0.15, 0.2) is 0 Å². The Bertz CT molecular complexity index is 233. The molecule has 0 spiro atoms. The van der Waals surface area contributed by atoms with Crippen LogP contribution in [0.25, 0.3) is 0 Å². The van der Waals surface area contributed by atoms with Crippen LogP contribution >= 0.6 is 12.2 Å². The summed E-state index contributed by atoms with van der Waals surface area (Å²) in [5.41, 5.74) is 1.36. The third-order valence-electron chi connectivity index (χ3n) is 2.82. The Labute approximate surface area is 98.9 Å². The van der Waals surface area contributed by atoms with Gasteiger partial charge in [0, 0.05) is 4.86 Å². The van der Waals surface area contributed by atoms with Crippen molar-refractivity contribution >= 4 is 17.1 Å². The Morgan fingerprint density at radius 3 is 2.87 bits per heavy atom. The summed E-state index contributed by atoms with van der Waals surface area (Å²) in [4.78, 5) is 1.07. The van der Waals surface area contributed by atoms with Crippen molar-refractivity contribution in [2.45, 2.75) is 58.5 Å². The minimum Gasteiger partial charge on any atom is -0.372 e. The lowest BCUT2D eigenvalue weighted by atomic mass is 9.97. The average molecular weight is 226 g/mol. The number of unbranched alkanes of at least 4 members (excludes halogenated alkanes) is 2. The lowest BCUT2D eigenvalue weighted by Gasteiger charge is -2.26. The molecule has 1 unspecified atom stereocenters. The van der Waals surface area contributed by atoms with E-state index in [1.165, 1.54) is 24.8 Å². The summed E-state index contributed by atoms with van der Waals surface area (Å²) in [6.07, 6.45) is 9.46. The van der Waals surface area contributed by atoms with E-state index in [-0.39, 0.29) is 6.10 Å². The molecule has 1 aliphatic heterocycles. The second-order valence-corrected chi connectivity index (χ2v) is 4.55. The van der Waals surface area contributed by atoms with Gasteiger partial charge < -0.3 is 4.74 Å². The van der Waals surface area contributed by atoms with E-state index in [0.29, 0.717) is 0 Å². The van der Waals surface area contributed by atoms with E-state index in [0.717, 1.165) is 30.7 Å². The van der Waals surface area contributed by atoms with Crippen molar-refractivity contribution in [2.75, 3.05) is 6.61 Å². The molecule has 0 saturated carbocycles. The zero-order valence-electron chi connectivity index (χ0n) is 9.92. The van der Waals surface area contributed by atoms with Gasteiger partial charge in [0.1, 0.15) is 0 Å². The van der Waals surface area contributed by atoms with Gasteiger partial charge in [0.25, 0.3) is 0 Å². The van der Waals surface area contributed by atoms with E-state index >= 15 is 0 Å². The van der Waals surface area contributed by atoms with Crippen LogP contribution in [0.4, 0.5) is 0 Å². The van der Waals surface area contributed by atoms with Gasteiger partial charge in [0.05, 0.1) is 12.7 Å². The topological polar surface area (TPSA) is 9.23 Å². The third-order valence-corrected chi connectivity index (χ3v) is 3.34. The molecule has 0 amide bonds. The lowest BCUT2D eigenvalue weighted by molar-refractivity contribution is 0.0857. The first kappa shape index (κ1) is 12.9. The predicted octanol–water partition coefficient (Wildman–Crippen LogP) is 4.06. The largest absolute Gasteiger partial charge is 0.372 e. The van der Waals surface area contributed by atoms with E-state index in [2.05, 4.69) is 19.9 Å². The minimum atomic E-state index is 0.220. The third kappa shape index (κ3) is 4.04. The van der Waals surface area contributed by atoms with Gasteiger partial charge >= 0.3 is 0 Å². The van der Waals surface area contributed by atoms with Crippen LogP contribution in [0.2, 0.25) is 0 Å². The van der Waals surface area contributed by atoms with Crippen molar-refractivity contribution in [2.24, 2.45) is 0 Å². The van der Waals surface area contributed by atoms with Gasteiger partial charge in [-0.25, -0.2) is 0 Å². The molecule has 1 rings (SSSR count). The molecule has 0 N–H and O–H groups in total. The van der Waals surface area contributed by atoms with Crippen molar-refractivity contribution in [3.63, 3.8) is 0 Å². The summed E-state index contributed by atoms with van der Waals surface area (Å²) in [7, 11) is 0. The maximum atomic E-state index is 5.73. The number of allylic oxidation sites excluding steroid dienone is 1. The van der Waals surface area contributed by atoms with Crippen molar-refractivity contribution in [1.82, 2.24) is 0 Å². The summed E-state index contributed by atoms with van der Waals surface area (Å²) in [6.45, 7) is 5.24. The van der Waals surface area contributed by atoms with Crippen molar-refractivity contribution in [3.8, 4) is 0 Å². The zero-order chi connectivity index (χ0) is 11.1. The number of hydrogen-bond acceptors (Lipinski definition) is 2. The van der Waals surface area contributed by atoms with Gasteiger partial charge in [-0.1, -0.05) is 51.4 Å². The molecule has 1 aliphatic rings. The maximum Gasteiger partial charge on any atom is 0.0927 e. The normalized spacial score (nSPS) is 24.8. The molecule has 86 valence electrons.